The predicted molar refractivity (Wildman–Crippen MR) is 122 cm³/mol. The Morgan fingerprint density at radius 3 is 1.66 bits per heavy atom. The minimum absolute atomic E-state index is 0.365. The molecule has 2 nitrogen and oxygen atoms in total. The molecule has 29 heavy (non-hydrogen) atoms. The Labute approximate surface area is 177 Å². The molecule has 0 radical (unpaired) electrons. The van der Waals surface area contributed by atoms with E-state index in [-0.39, 0.29) is 0 Å². The summed E-state index contributed by atoms with van der Waals surface area (Å²) in [6.07, 6.45) is 5.69. The van der Waals surface area contributed by atoms with Crippen LogP contribution in [-0.2, 0) is 25.7 Å². The number of hydrogen-bond acceptors (Lipinski definition) is 2. The SMILES string of the molecule is CC(C)(C)Cc1ccc2c(c1)CCCO2.CC(C)(C)Cc1ccc2c(c1)CCO2. The van der Waals surface area contributed by atoms with E-state index in [2.05, 4.69) is 77.9 Å². The van der Waals surface area contributed by atoms with Crippen LogP contribution in [0.2, 0.25) is 0 Å². The van der Waals surface area contributed by atoms with E-state index in [1.807, 2.05) is 0 Å². The van der Waals surface area contributed by atoms with Crippen LogP contribution in [0.5, 0.6) is 11.5 Å². The van der Waals surface area contributed by atoms with Gasteiger partial charge in [-0.2, -0.15) is 0 Å². The van der Waals surface area contributed by atoms with Crippen LogP contribution in [0.25, 0.3) is 0 Å². The molecule has 2 heterocycles. The first-order valence-electron chi connectivity index (χ1n) is 11.1. The van der Waals surface area contributed by atoms with Gasteiger partial charge in [-0.3, -0.25) is 0 Å². The van der Waals surface area contributed by atoms with Gasteiger partial charge >= 0.3 is 0 Å². The minimum atomic E-state index is 0.365. The van der Waals surface area contributed by atoms with Crippen molar-refractivity contribution in [1.82, 2.24) is 0 Å². The summed E-state index contributed by atoms with van der Waals surface area (Å²) >= 11 is 0. The molecule has 0 fully saturated rings. The van der Waals surface area contributed by atoms with E-state index in [0.717, 1.165) is 50.4 Å². The van der Waals surface area contributed by atoms with Crippen LogP contribution in [0.3, 0.4) is 0 Å². The lowest BCUT2D eigenvalue weighted by atomic mass is 9.87. The smallest absolute Gasteiger partial charge is 0.122 e. The highest BCUT2D eigenvalue weighted by atomic mass is 16.5. The van der Waals surface area contributed by atoms with Gasteiger partial charge in [0.15, 0.2) is 0 Å². The Hall–Kier alpha value is -1.96. The second-order valence-electron chi connectivity index (χ2n) is 10.9. The molecule has 0 atom stereocenters. The highest BCUT2D eigenvalue weighted by Crippen LogP contribution is 2.30. The van der Waals surface area contributed by atoms with Gasteiger partial charge in [-0.1, -0.05) is 65.8 Å². The number of ether oxygens (including phenoxy) is 2. The zero-order valence-electron chi connectivity index (χ0n) is 19.2. The monoisotopic (exact) mass is 394 g/mol. The lowest BCUT2D eigenvalue weighted by Crippen LogP contribution is -2.12. The molecule has 0 unspecified atom stereocenters. The Bertz CT molecular complexity index is 821. The van der Waals surface area contributed by atoms with Crippen LogP contribution < -0.4 is 9.47 Å². The van der Waals surface area contributed by atoms with Gasteiger partial charge in [0, 0.05) is 6.42 Å². The maximum atomic E-state index is 5.61. The highest BCUT2D eigenvalue weighted by molar-refractivity contribution is 5.40. The molecule has 0 aliphatic carbocycles. The Balaban J connectivity index is 0.000000166. The van der Waals surface area contributed by atoms with Crippen molar-refractivity contribution in [3.63, 3.8) is 0 Å². The first-order valence-corrected chi connectivity index (χ1v) is 11.1. The maximum absolute atomic E-state index is 5.61. The number of hydrogen-bond donors (Lipinski definition) is 0. The lowest BCUT2D eigenvalue weighted by molar-refractivity contribution is 0.288. The first-order chi connectivity index (χ1) is 13.6. The van der Waals surface area contributed by atoms with E-state index in [1.54, 1.807) is 0 Å². The molecule has 0 saturated carbocycles. The van der Waals surface area contributed by atoms with E-state index < -0.39 is 0 Å². The summed E-state index contributed by atoms with van der Waals surface area (Å²) in [7, 11) is 0. The fraction of sp³-hybridized carbons (Fsp3) is 0.556. The van der Waals surface area contributed by atoms with Gasteiger partial charge in [-0.05, 0) is 70.9 Å². The molecular formula is C27H38O2. The molecule has 2 heteroatoms. The lowest BCUT2D eigenvalue weighted by Gasteiger charge is -2.21. The van der Waals surface area contributed by atoms with Gasteiger partial charge in [0.05, 0.1) is 13.2 Å². The summed E-state index contributed by atoms with van der Waals surface area (Å²) in [5, 5.41) is 0. The molecule has 2 aliphatic heterocycles. The zero-order chi connectivity index (χ0) is 21.1. The summed E-state index contributed by atoms with van der Waals surface area (Å²) < 4.78 is 11.1. The molecule has 2 aromatic rings. The van der Waals surface area contributed by atoms with Crippen molar-refractivity contribution in [3.05, 3.63) is 58.7 Å². The van der Waals surface area contributed by atoms with Gasteiger partial charge in [-0.25, -0.2) is 0 Å². The number of rotatable bonds is 2. The van der Waals surface area contributed by atoms with Crippen molar-refractivity contribution in [2.75, 3.05) is 13.2 Å². The predicted octanol–water partition coefficient (Wildman–Crippen LogP) is 6.81. The summed E-state index contributed by atoms with van der Waals surface area (Å²) in [6, 6.07) is 13.3. The highest BCUT2D eigenvalue weighted by Gasteiger charge is 2.16. The molecule has 4 rings (SSSR count). The molecule has 0 spiro atoms. The molecule has 0 bridgehead atoms. The van der Waals surface area contributed by atoms with Crippen LogP contribution >= 0.6 is 0 Å². The largest absolute Gasteiger partial charge is 0.493 e. The van der Waals surface area contributed by atoms with Gasteiger partial charge < -0.3 is 9.47 Å². The molecule has 0 amide bonds. The standard InChI is InChI=1S/C14H20O.C13H18O/c1-14(2,3)10-11-6-7-13-12(9-11)5-4-8-15-13;1-13(2,3)9-10-4-5-12-11(8-10)6-7-14-12/h6-7,9H,4-5,8,10H2,1-3H3;4-5,8H,6-7,9H2,1-3H3. The molecule has 0 aromatic heterocycles. The van der Waals surface area contributed by atoms with Crippen molar-refractivity contribution in [2.24, 2.45) is 10.8 Å². The van der Waals surface area contributed by atoms with Gasteiger partial charge in [0.25, 0.3) is 0 Å². The van der Waals surface area contributed by atoms with Crippen LogP contribution in [0.15, 0.2) is 36.4 Å². The van der Waals surface area contributed by atoms with Gasteiger partial charge in [-0.15, -0.1) is 0 Å². The van der Waals surface area contributed by atoms with Crippen LogP contribution in [0, 0.1) is 10.8 Å². The molecule has 2 aliphatic rings. The Kier molecular flexibility index (Phi) is 6.61. The molecular weight excluding hydrogens is 356 g/mol. The van der Waals surface area contributed by atoms with E-state index >= 15 is 0 Å². The number of aryl methyl sites for hydroxylation is 1. The van der Waals surface area contributed by atoms with Crippen molar-refractivity contribution in [3.8, 4) is 11.5 Å². The van der Waals surface area contributed by atoms with Gasteiger partial charge in [0.2, 0.25) is 0 Å². The average molecular weight is 395 g/mol. The van der Waals surface area contributed by atoms with Crippen molar-refractivity contribution >= 4 is 0 Å². The van der Waals surface area contributed by atoms with Crippen LogP contribution in [0.1, 0.15) is 70.2 Å². The topological polar surface area (TPSA) is 18.5 Å². The fourth-order valence-electron chi connectivity index (χ4n) is 4.10. The van der Waals surface area contributed by atoms with Crippen LogP contribution in [0.4, 0.5) is 0 Å². The number of fused-ring (bicyclic) bond motifs is 2. The van der Waals surface area contributed by atoms with Crippen molar-refractivity contribution < 1.29 is 9.47 Å². The quantitative estimate of drug-likeness (QED) is 0.557. The maximum Gasteiger partial charge on any atom is 0.122 e. The molecule has 0 saturated heterocycles. The van der Waals surface area contributed by atoms with E-state index in [1.165, 1.54) is 28.7 Å². The van der Waals surface area contributed by atoms with Crippen LogP contribution in [-0.4, -0.2) is 13.2 Å². The minimum Gasteiger partial charge on any atom is -0.493 e. The van der Waals surface area contributed by atoms with Crippen molar-refractivity contribution in [1.29, 1.82) is 0 Å². The Morgan fingerprint density at radius 2 is 1.14 bits per heavy atom. The third-order valence-electron chi connectivity index (χ3n) is 5.20. The molecule has 2 aromatic carbocycles. The van der Waals surface area contributed by atoms with Crippen molar-refractivity contribution in [2.45, 2.75) is 73.6 Å². The zero-order valence-corrected chi connectivity index (χ0v) is 19.2. The van der Waals surface area contributed by atoms with Gasteiger partial charge in [0.1, 0.15) is 11.5 Å². The number of benzene rings is 2. The second-order valence-corrected chi connectivity index (χ2v) is 10.9. The first kappa shape index (κ1) is 21.7. The summed E-state index contributed by atoms with van der Waals surface area (Å²) in [5.41, 5.74) is 6.38. The third-order valence-corrected chi connectivity index (χ3v) is 5.20. The summed E-state index contributed by atoms with van der Waals surface area (Å²) in [4.78, 5) is 0. The van der Waals surface area contributed by atoms with E-state index in [9.17, 15) is 0 Å². The summed E-state index contributed by atoms with van der Waals surface area (Å²) in [5.74, 6) is 2.18. The Morgan fingerprint density at radius 1 is 0.655 bits per heavy atom. The second kappa shape index (κ2) is 8.81. The molecule has 0 N–H and O–H groups in total. The van der Waals surface area contributed by atoms with E-state index in [4.69, 9.17) is 9.47 Å². The normalized spacial score (nSPS) is 15.4. The summed E-state index contributed by atoms with van der Waals surface area (Å²) in [6.45, 7) is 15.4. The average Bonchev–Trinajstić information content (AvgIpc) is 3.07. The molecule has 158 valence electrons. The van der Waals surface area contributed by atoms with E-state index in [0.29, 0.717) is 10.8 Å². The third kappa shape index (κ3) is 6.80. The fourth-order valence-corrected chi connectivity index (χ4v) is 4.10.